The topological polar surface area (TPSA) is 79.1 Å². The normalized spacial score (nSPS) is 9.47. The number of carboxylic acid groups (broad SMARTS) is 1. The quantitative estimate of drug-likeness (QED) is 0.646. The highest BCUT2D eigenvalue weighted by molar-refractivity contribution is 6.31. The SMILES string of the molecule is CC(=O)O.Nc1cc2cc(Cl)ccc2[nH]1. The number of halogens is 1. The number of aromatic amines is 1. The van der Waals surface area contributed by atoms with E-state index in [1.54, 1.807) is 0 Å². The van der Waals surface area contributed by atoms with Crippen molar-refractivity contribution in [3.05, 3.63) is 29.3 Å². The molecule has 1 aromatic heterocycles. The number of nitrogens with two attached hydrogens (primary N) is 1. The summed E-state index contributed by atoms with van der Waals surface area (Å²) in [5, 5.41) is 9.20. The summed E-state index contributed by atoms with van der Waals surface area (Å²) in [4.78, 5) is 12.0. The van der Waals surface area contributed by atoms with E-state index in [2.05, 4.69) is 4.98 Å². The van der Waals surface area contributed by atoms with Crippen LogP contribution in [0.2, 0.25) is 5.02 Å². The van der Waals surface area contributed by atoms with Crippen LogP contribution in [0, 0.1) is 0 Å². The van der Waals surface area contributed by atoms with Crippen LogP contribution in [0.5, 0.6) is 0 Å². The van der Waals surface area contributed by atoms with Gasteiger partial charge >= 0.3 is 0 Å². The van der Waals surface area contributed by atoms with Crippen LogP contribution in [0.25, 0.3) is 10.9 Å². The molecule has 0 spiro atoms. The molecular formula is C10H11ClN2O2. The number of carbonyl (C=O) groups is 1. The molecule has 4 nitrogen and oxygen atoms in total. The first-order valence-electron chi connectivity index (χ1n) is 4.22. The van der Waals surface area contributed by atoms with Gasteiger partial charge in [-0.25, -0.2) is 0 Å². The lowest BCUT2D eigenvalue weighted by Crippen LogP contribution is -1.80. The minimum Gasteiger partial charge on any atom is -0.481 e. The summed E-state index contributed by atoms with van der Waals surface area (Å²) < 4.78 is 0. The molecule has 0 unspecified atom stereocenters. The Morgan fingerprint density at radius 2 is 2.07 bits per heavy atom. The van der Waals surface area contributed by atoms with Gasteiger partial charge in [-0.05, 0) is 24.3 Å². The predicted molar refractivity (Wildman–Crippen MR) is 61.0 cm³/mol. The Morgan fingerprint density at radius 3 is 2.67 bits per heavy atom. The average Bonchev–Trinajstić information content (AvgIpc) is 2.42. The van der Waals surface area contributed by atoms with E-state index in [1.165, 1.54) is 0 Å². The number of rotatable bonds is 0. The number of aliphatic carboxylic acids is 1. The molecule has 0 bridgehead atoms. The van der Waals surface area contributed by atoms with E-state index >= 15 is 0 Å². The van der Waals surface area contributed by atoms with E-state index in [-0.39, 0.29) is 0 Å². The maximum Gasteiger partial charge on any atom is 0.300 e. The molecule has 4 N–H and O–H groups in total. The third kappa shape index (κ3) is 3.52. The van der Waals surface area contributed by atoms with Crippen LogP contribution in [0.3, 0.4) is 0 Å². The van der Waals surface area contributed by atoms with Crippen molar-refractivity contribution in [1.82, 2.24) is 4.98 Å². The van der Waals surface area contributed by atoms with Crippen LogP contribution in [0.1, 0.15) is 6.92 Å². The highest BCUT2D eigenvalue weighted by Crippen LogP contribution is 2.20. The minimum atomic E-state index is -0.833. The van der Waals surface area contributed by atoms with Gasteiger partial charge in [0, 0.05) is 22.8 Å². The highest BCUT2D eigenvalue weighted by Gasteiger charge is 1.96. The molecule has 1 heterocycles. The second-order valence-electron chi connectivity index (χ2n) is 2.98. The Bertz CT molecular complexity index is 475. The summed E-state index contributed by atoms with van der Waals surface area (Å²) in [7, 11) is 0. The van der Waals surface area contributed by atoms with Gasteiger partial charge in [0.2, 0.25) is 0 Å². The standard InChI is InChI=1S/C8H7ClN2.C2H4O2/c9-6-1-2-7-5(3-6)4-8(10)11-7;1-2(3)4/h1-4,11H,10H2;1H3,(H,3,4). The molecule has 15 heavy (non-hydrogen) atoms. The molecule has 0 radical (unpaired) electrons. The van der Waals surface area contributed by atoms with Crippen LogP contribution in [-0.4, -0.2) is 16.1 Å². The van der Waals surface area contributed by atoms with Gasteiger partial charge in [0.25, 0.3) is 5.97 Å². The number of H-pyrrole nitrogens is 1. The van der Waals surface area contributed by atoms with Gasteiger partial charge in [-0.2, -0.15) is 0 Å². The first kappa shape index (κ1) is 11.4. The number of hydrogen-bond acceptors (Lipinski definition) is 2. The number of hydrogen-bond donors (Lipinski definition) is 3. The maximum atomic E-state index is 9.00. The smallest absolute Gasteiger partial charge is 0.300 e. The Hall–Kier alpha value is -1.68. The highest BCUT2D eigenvalue weighted by atomic mass is 35.5. The van der Waals surface area contributed by atoms with Crippen LogP contribution >= 0.6 is 11.6 Å². The third-order valence-electron chi connectivity index (χ3n) is 1.60. The fourth-order valence-electron chi connectivity index (χ4n) is 1.13. The predicted octanol–water partition coefficient (Wildman–Crippen LogP) is 2.49. The van der Waals surface area contributed by atoms with Gasteiger partial charge in [-0.1, -0.05) is 11.6 Å². The number of aromatic nitrogens is 1. The molecule has 2 rings (SSSR count). The van der Waals surface area contributed by atoms with Crippen molar-refractivity contribution in [1.29, 1.82) is 0 Å². The molecule has 0 atom stereocenters. The second-order valence-corrected chi connectivity index (χ2v) is 3.41. The van der Waals surface area contributed by atoms with Crippen molar-refractivity contribution in [2.45, 2.75) is 6.92 Å². The Kier molecular flexibility index (Phi) is 3.57. The molecule has 2 aromatic rings. The number of anilines is 1. The Balaban J connectivity index is 0.000000245. The fourth-order valence-corrected chi connectivity index (χ4v) is 1.31. The van der Waals surface area contributed by atoms with Gasteiger partial charge in [0.1, 0.15) is 5.82 Å². The van der Waals surface area contributed by atoms with E-state index in [0.29, 0.717) is 5.82 Å². The summed E-state index contributed by atoms with van der Waals surface area (Å²) in [5.41, 5.74) is 6.56. The van der Waals surface area contributed by atoms with Crippen molar-refractivity contribution in [2.24, 2.45) is 0 Å². The molecule has 0 saturated heterocycles. The molecule has 0 aliphatic carbocycles. The van der Waals surface area contributed by atoms with E-state index in [0.717, 1.165) is 22.8 Å². The molecule has 0 saturated carbocycles. The third-order valence-corrected chi connectivity index (χ3v) is 1.84. The zero-order chi connectivity index (χ0) is 11.4. The molecule has 0 aliphatic heterocycles. The number of nitrogen functional groups attached to an aromatic ring is 1. The van der Waals surface area contributed by atoms with Crippen molar-refractivity contribution in [3.63, 3.8) is 0 Å². The van der Waals surface area contributed by atoms with Crippen molar-refractivity contribution in [3.8, 4) is 0 Å². The molecule has 0 amide bonds. The van der Waals surface area contributed by atoms with Crippen LogP contribution in [0.4, 0.5) is 5.82 Å². The van der Waals surface area contributed by atoms with Crippen molar-refractivity contribution in [2.75, 3.05) is 5.73 Å². The molecule has 5 heteroatoms. The minimum absolute atomic E-state index is 0.669. The van der Waals surface area contributed by atoms with Crippen LogP contribution < -0.4 is 5.73 Å². The van der Waals surface area contributed by atoms with Crippen molar-refractivity contribution < 1.29 is 9.90 Å². The monoisotopic (exact) mass is 226 g/mol. The average molecular weight is 227 g/mol. The molecule has 0 fully saturated rings. The summed E-state index contributed by atoms with van der Waals surface area (Å²) in [5.74, 6) is -0.165. The zero-order valence-electron chi connectivity index (χ0n) is 8.12. The fraction of sp³-hybridized carbons (Fsp3) is 0.100. The molecule has 80 valence electrons. The lowest BCUT2D eigenvalue weighted by Gasteiger charge is -1.88. The van der Waals surface area contributed by atoms with Crippen LogP contribution in [0.15, 0.2) is 24.3 Å². The Labute approximate surface area is 91.7 Å². The summed E-state index contributed by atoms with van der Waals surface area (Å²) in [6.07, 6.45) is 0. The maximum absolute atomic E-state index is 9.00. The van der Waals surface area contributed by atoms with Gasteiger partial charge in [0.15, 0.2) is 0 Å². The van der Waals surface area contributed by atoms with Crippen LogP contribution in [-0.2, 0) is 4.79 Å². The summed E-state index contributed by atoms with van der Waals surface area (Å²) in [6.45, 7) is 1.08. The van der Waals surface area contributed by atoms with Crippen molar-refractivity contribution >= 4 is 34.3 Å². The Morgan fingerprint density at radius 1 is 1.47 bits per heavy atom. The number of nitrogens with one attached hydrogen (secondary N) is 1. The first-order chi connectivity index (χ1) is 6.99. The number of benzene rings is 1. The number of carboxylic acids is 1. The molecule has 0 aliphatic rings. The summed E-state index contributed by atoms with van der Waals surface area (Å²) >= 11 is 5.77. The zero-order valence-corrected chi connectivity index (χ0v) is 8.88. The largest absolute Gasteiger partial charge is 0.481 e. The lowest BCUT2D eigenvalue weighted by molar-refractivity contribution is -0.134. The number of fused-ring (bicyclic) bond motifs is 1. The van der Waals surface area contributed by atoms with Gasteiger partial charge < -0.3 is 15.8 Å². The van der Waals surface area contributed by atoms with E-state index in [1.807, 2.05) is 24.3 Å². The first-order valence-corrected chi connectivity index (χ1v) is 4.60. The molecular weight excluding hydrogens is 216 g/mol. The molecule has 1 aromatic carbocycles. The summed E-state index contributed by atoms with van der Waals surface area (Å²) in [6, 6.07) is 7.48. The lowest BCUT2D eigenvalue weighted by atomic mass is 10.2. The van der Waals surface area contributed by atoms with Gasteiger partial charge in [0.05, 0.1) is 0 Å². The second kappa shape index (κ2) is 4.70. The van der Waals surface area contributed by atoms with E-state index < -0.39 is 5.97 Å². The van der Waals surface area contributed by atoms with Gasteiger partial charge in [-0.3, -0.25) is 4.79 Å². The van der Waals surface area contributed by atoms with E-state index in [9.17, 15) is 0 Å². The van der Waals surface area contributed by atoms with Gasteiger partial charge in [-0.15, -0.1) is 0 Å². The van der Waals surface area contributed by atoms with E-state index in [4.69, 9.17) is 27.2 Å².